The molecule has 9 heteroatoms. The Morgan fingerprint density at radius 1 is 1.12 bits per heavy atom. The predicted octanol–water partition coefficient (Wildman–Crippen LogP) is 2.71. The van der Waals surface area contributed by atoms with Crippen LogP contribution in [-0.2, 0) is 6.54 Å². The largest absolute Gasteiger partial charge is 0.406 e. The Kier molecular flexibility index (Phi) is 4.20. The number of hydrogen-bond acceptors (Lipinski definition) is 3. The summed E-state index contributed by atoms with van der Waals surface area (Å²) in [5.41, 5.74) is -1.73. The molecule has 0 saturated heterocycles. The molecule has 5 nitrogen and oxygen atoms in total. The van der Waals surface area contributed by atoms with Crippen LogP contribution in [0.25, 0.3) is 16.7 Å². The third-order valence-corrected chi connectivity index (χ3v) is 3.97. The fourth-order valence-electron chi connectivity index (χ4n) is 2.35. The van der Waals surface area contributed by atoms with Crippen molar-refractivity contribution in [2.24, 2.45) is 0 Å². The normalized spacial score (nSPS) is 11.8. The molecular formula is C15H9F3IN3O2. The average Bonchev–Trinajstić information content (AvgIpc) is 2.51. The second-order valence-electron chi connectivity index (χ2n) is 4.98. The van der Waals surface area contributed by atoms with Crippen LogP contribution in [-0.4, -0.2) is 20.3 Å². The number of fused-ring (bicyclic) bond motifs is 1. The lowest BCUT2D eigenvalue weighted by atomic mass is 10.3. The molecule has 2 aromatic heterocycles. The van der Waals surface area contributed by atoms with E-state index < -0.39 is 24.0 Å². The molecular weight excluding hydrogens is 438 g/mol. The molecule has 0 N–H and O–H groups in total. The third-order valence-electron chi connectivity index (χ3n) is 3.30. The molecule has 3 aromatic rings. The Morgan fingerprint density at radius 2 is 1.88 bits per heavy atom. The summed E-state index contributed by atoms with van der Waals surface area (Å²) in [7, 11) is 0. The molecule has 0 atom stereocenters. The molecule has 0 aliphatic heterocycles. The van der Waals surface area contributed by atoms with Crippen molar-refractivity contribution in [2.45, 2.75) is 12.7 Å². The van der Waals surface area contributed by atoms with E-state index in [4.69, 9.17) is 0 Å². The topological polar surface area (TPSA) is 56.9 Å². The van der Waals surface area contributed by atoms with Crippen molar-refractivity contribution in [3.05, 3.63) is 67.0 Å². The van der Waals surface area contributed by atoms with E-state index in [1.807, 2.05) is 22.6 Å². The summed E-state index contributed by atoms with van der Waals surface area (Å²) in [6.45, 7) is -1.65. The minimum atomic E-state index is -4.69. The molecule has 0 aliphatic rings. The van der Waals surface area contributed by atoms with Gasteiger partial charge in [0, 0.05) is 9.77 Å². The van der Waals surface area contributed by atoms with Crippen LogP contribution in [0, 0.1) is 3.57 Å². The van der Waals surface area contributed by atoms with Crippen molar-refractivity contribution >= 4 is 33.6 Å². The van der Waals surface area contributed by atoms with E-state index in [9.17, 15) is 22.8 Å². The maximum atomic E-state index is 12.8. The van der Waals surface area contributed by atoms with E-state index in [0.29, 0.717) is 5.69 Å². The Labute approximate surface area is 146 Å². The smallest absolute Gasteiger partial charge is 0.268 e. The number of benzene rings is 1. The van der Waals surface area contributed by atoms with Crippen molar-refractivity contribution < 1.29 is 13.2 Å². The van der Waals surface area contributed by atoms with Crippen LogP contribution in [0.15, 0.2) is 52.2 Å². The molecule has 24 heavy (non-hydrogen) atoms. The molecule has 0 unspecified atom stereocenters. The number of aromatic nitrogens is 3. The first-order valence-corrected chi connectivity index (χ1v) is 7.79. The summed E-state index contributed by atoms with van der Waals surface area (Å²) >= 11 is 2.02. The van der Waals surface area contributed by atoms with Gasteiger partial charge in [-0.25, -0.2) is 14.3 Å². The van der Waals surface area contributed by atoms with Gasteiger partial charge in [0.15, 0.2) is 5.65 Å². The maximum absolute atomic E-state index is 12.8. The van der Waals surface area contributed by atoms with E-state index in [2.05, 4.69) is 4.98 Å². The van der Waals surface area contributed by atoms with Crippen LogP contribution < -0.4 is 11.2 Å². The number of pyridine rings is 1. The van der Waals surface area contributed by atoms with Crippen molar-refractivity contribution in [3.63, 3.8) is 0 Å². The predicted molar refractivity (Wildman–Crippen MR) is 90.4 cm³/mol. The zero-order valence-electron chi connectivity index (χ0n) is 11.9. The minimum absolute atomic E-state index is 0.0212. The first kappa shape index (κ1) is 16.7. The molecule has 3 rings (SSSR count). The van der Waals surface area contributed by atoms with E-state index in [-0.39, 0.29) is 15.6 Å². The average molecular weight is 447 g/mol. The molecule has 0 radical (unpaired) electrons. The second kappa shape index (κ2) is 6.04. The lowest BCUT2D eigenvalue weighted by Crippen LogP contribution is -2.43. The van der Waals surface area contributed by atoms with Gasteiger partial charge in [0.05, 0.1) is 11.1 Å². The first-order chi connectivity index (χ1) is 11.3. The number of nitrogens with zero attached hydrogens (tertiary/aromatic N) is 3. The molecule has 0 spiro atoms. The van der Waals surface area contributed by atoms with Crippen molar-refractivity contribution in [3.8, 4) is 5.69 Å². The van der Waals surface area contributed by atoms with Gasteiger partial charge in [0.2, 0.25) is 0 Å². The summed E-state index contributed by atoms with van der Waals surface area (Å²) in [5.74, 6) is 0. The molecule has 2 heterocycles. The standard InChI is InChI=1S/C15H9F3IN3O2/c16-15(17,18)8-21-13(23)11-5-2-6-20-12(11)22(14(21)24)10-4-1-3-9(19)7-10/h1-7H,8H2. The lowest BCUT2D eigenvalue weighted by molar-refractivity contribution is -0.141. The van der Waals surface area contributed by atoms with Gasteiger partial charge >= 0.3 is 11.9 Å². The Hall–Kier alpha value is -2.17. The third kappa shape index (κ3) is 3.07. The van der Waals surface area contributed by atoms with E-state index in [1.165, 1.54) is 18.3 Å². The van der Waals surface area contributed by atoms with Gasteiger partial charge in [-0.15, -0.1) is 0 Å². The van der Waals surface area contributed by atoms with Gasteiger partial charge < -0.3 is 0 Å². The second-order valence-corrected chi connectivity index (χ2v) is 6.22. The molecule has 0 saturated carbocycles. The van der Waals surface area contributed by atoms with Crippen molar-refractivity contribution in [1.82, 2.24) is 14.1 Å². The number of halogens is 4. The zero-order chi connectivity index (χ0) is 17.5. The molecule has 0 bridgehead atoms. The van der Waals surface area contributed by atoms with Gasteiger partial charge in [-0.3, -0.25) is 9.36 Å². The van der Waals surface area contributed by atoms with Gasteiger partial charge in [0.1, 0.15) is 6.54 Å². The fraction of sp³-hybridized carbons (Fsp3) is 0.133. The van der Waals surface area contributed by atoms with Crippen LogP contribution in [0.3, 0.4) is 0 Å². The van der Waals surface area contributed by atoms with E-state index >= 15 is 0 Å². The summed E-state index contributed by atoms with van der Waals surface area (Å²) in [6, 6.07) is 9.42. The van der Waals surface area contributed by atoms with Crippen LogP contribution >= 0.6 is 22.6 Å². The summed E-state index contributed by atoms with van der Waals surface area (Å²) in [4.78, 5) is 28.9. The Morgan fingerprint density at radius 3 is 2.54 bits per heavy atom. The summed E-state index contributed by atoms with van der Waals surface area (Å²) in [5, 5.41) is -0.0554. The van der Waals surface area contributed by atoms with Crippen molar-refractivity contribution in [2.75, 3.05) is 0 Å². The van der Waals surface area contributed by atoms with Crippen LogP contribution in [0.1, 0.15) is 0 Å². The highest BCUT2D eigenvalue weighted by Gasteiger charge is 2.31. The lowest BCUT2D eigenvalue weighted by Gasteiger charge is -2.14. The summed E-state index contributed by atoms with van der Waals surface area (Å²) < 4.78 is 40.3. The first-order valence-electron chi connectivity index (χ1n) is 6.71. The maximum Gasteiger partial charge on any atom is 0.406 e. The van der Waals surface area contributed by atoms with Gasteiger partial charge in [0.25, 0.3) is 5.56 Å². The quantitative estimate of drug-likeness (QED) is 0.568. The Bertz CT molecular complexity index is 1040. The highest BCUT2D eigenvalue weighted by Crippen LogP contribution is 2.18. The van der Waals surface area contributed by atoms with E-state index in [0.717, 1.165) is 8.14 Å². The molecule has 0 aliphatic carbocycles. The zero-order valence-corrected chi connectivity index (χ0v) is 14.1. The van der Waals surface area contributed by atoms with Crippen LogP contribution in [0.4, 0.5) is 13.2 Å². The monoisotopic (exact) mass is 447 g/mol. The van der Waals surface area contributed by atoms with Crippen molar-refractivity contribution in [1.29, 1.82) is 0 Å². The van der Waals surface area contributed by atoms with Crippen LogP contribution in [0.2, 0.25) is 0 Å². The summed E-state index contributed by atoms with van der Waals surface area (Å²) in [6.07, 6.45) is -3.32. The number of rotatable bonds is 2. The number of alkyl halides is 3. The van der Waals surface area contributed by atoms with Gasteiger partial charge in [-0.2, -0.15) is 13.2 Å². The fourth-order valence-corrected chi connectivity index (χ4v) is 2.88. The number of hydrogen-bond donors (Lipinski definition) is 0. The minimum Gasteiger partial charge on any atom is -0.268 e. The van der Waals surface area contributed by atoms with Gasteiger partial charge in [-0.05, 0) is 52.9 Å². The molecule has 0 amide bonds. The SMILES string of the molecule is O=c1c2cccnc2n(-c2cccc(I)c2)c(=O)n1CC(F)(F)F. The Balaban J connectivity index is 2.44. The molecule has 124 valence electrons. The molecule has 1 aromatic carbocycles. The highest BCUT2D eigenvalue weighted by atomic mass is 127. The van der Waals surface area contributed by atoms with E-state index in [1.54, 1.807) is 24.3 Å². The van der Waals surface area contributed by atoms with Crippen LogP contribution in [0.5, 0.6) is 0 Å². The highest BCUT2D eigenvalue weighted by molar-refractivity contribution is 14.1. The molecule has 0 fully saturated rings. The van der Waals surface area contributed by atoms with Gasteiger partial charge in [-0.1, -0.05) is 6.07 Å².